The Bertz CT molecular complexity index is 700. The normalized spacial score (nSPS) is 15.8. The second-order valence-electron chi connectivity index (χ2n) is 5.93. The molecule has 0 spiro atoms. The summed E-state index contributed by atoms with van der Waals surface area (Å²) in [7, 11) is 0. The molecule has 1 aliphatic rings. The van der Waals surface area contributed by atoms with Gasteiger partial charge in [0.25, 0.3) is 0 Å². The Kier molecular flexibility index (Phi) is 5.60. The van der Waals surface area contributed by atoms with Gasteiger partial charge < -0.3 is 14.9 Å². The second-order valence-corrected chi connectivity index (χ2v) is 6.91. The van der Waals surface area contributed by atoms with E-state index >= 15 is 0 Å². The molecule has 1 fully saturated rings. The van der Waals surface area contributed by atoms with E-state index in [0.717, 1.165) is 4.88 Å². The summed E-state index contributed by atoms with van der Waals surface area (Å²) in [4.78, 5) is 37.0. The van der Waals surface area contributed by atoms with E-state index in [0.29, 0.717) is 32.1 Å². The number of amides is 1. The van der Waals surface area contributed by atoms with Gasteiger partial charge in [-0.15, -0.1) is 11.3 Å². The Hall–Kier alpha value is -2.48. The standard InChI is InChI=1S/C17H20N4O3S/c22-15(11-13(12-16(23)24)14-3-1-10-25-14)20-6-8-21(9-7-20)17-18-4-2-5-19-17/h1-5,10,13H,6-9,11-12H2,(H,23,24)/t13-/m0/s1. The van der Waals surface area contributed by atoms with Crippen molar-refractivity contribution in [1.29, 1.82) is 0 Å². The van der Waals surface area contributed by atoms with Crippen LogP contribution in [0, 0.1) is 0 Å². The molecule has 0 radical (unpaired) electrons. The van der Waals surface area contributed by atoms with Gasteiger partial charge in [0.05, 0.1) is 6.42 Å². The van der Waals surface area contributed by atoms with Crippen LogP contribution in [0.3, 0.4) is 0 Å². The van der Waals surface area contributed by atoms with E-state index in [4.69, 9.17) is 5.11 Å². The summed E-state index contributed by atoms with van der Waals surface area (Å²) in [5, 5.41) is 11.0. The van der Waals surface area contributed by atoms with Crippen LogP contribution in [0.2, 0.25) is 0 Å². The first-order valence-electron chi connectivity index (χ1n) is 8.18. The number of rotatable bonds is 6. The molecule has 25 heavy (non-hydrogen) atoms. The van der Waals surface area contributed by atoms with E-state index in [2.05, 4.69) is 14.9 Å². The Labute approximate surface area is 149 Å². The van der Waals surface area contributed by atoms with E-state index in [9.17, 15) is 9.59 Å². The van der Waals surface area contributed by atoms with Crippen LogP contribution in [0.5, 0.6) is 0 Å². The first-order valence-corrected chi connectivity index (χ1v) is 9.06. The fraction of sp³-hybridized carbons (Fsp3) is 0.412. The average molecular weight is 360 g/mol. The number of carbonyl (C=O) groups is 2. The molecular weight excluding hydrogens is 340 g/mol. The highest BCUT2D eigenvalue weighted by atomic mass is 32.1. The summed E-state index contributed by atoms with van der Waals surface area (Å²) in [5.74, 6) is -0.456. The number of hydrogen-bond donors (Lipinski definition) is 1. The molecule has 0 bridgehead atoms. The molecule has 2 aromatic rings. The average Bonchev–Trinajstić information content (AvgIpc) is 3.16. The lowest BCUT2D eigenvalue weighted by molar-refractivity contribution is -0.138. The van der Waals surface area contributed by atoms with Crippen molar-refractivity contribution >= 4 is 29.2 Å². The van der Waals surface area contributed by atoms with Gasteiger partial charge in [0.1, 0.15) is 0 Å². The molecule has 1 saturated heterocycles. The van der Waals surface area contributed by atoms with Gasteiger partial charge >= 0.3 is 5.97 Å². The molecule has 1 aliphatic heterocycles. The molecule has 3 heterocycles. The van der Waals surface area contributed by atoms with Crippen LogP contribution in [0.4, 0.5) is 5.95 Å². The SMILES string of the molecule is O=C(O)C[C@H](CC(=O)N1CCN(c2ncccn2)CC1)c1cccs1. The highest BCUT2D eigenvalue weighted by Crippen LogP contribution is 2.28. The summed E-state index contributed by atoms with van der Waals surface area (Å²) in [6.45, 7) is 2.55. The van der Waals surface area contributed by atoms with Crippen LogP contribution >= 0.6 is 11.3 Å². The van der Waals surface area contributed by atoms with Crippen molar-refractivity contribution in [1.82, 2.24) is 14.9 Å². The molecule has 0 saturated carbocycles. The fourth-order valence-electron chi connectivity index (χ4n) is 2.96. The maximum Gasteiger partial charge on any atom is 0.304 e. The van der Waals surface area contributed by atoms with Crippen LogP contribution in [0.25, 0.3) is 0 Å². The van der Waals surface area contributed by atoms with E-state index in [-0.39, 0.29) is 24.7 Å². The number of carboxylic acid groups (broad SMARTS) is 1. The summed E-state index contributed by atoms with van der Waals surface area (Å²) in [6, 6.07) is 5.56. The van der Waals surface area contributed by atoms with Crippen LogP contribution in [-0.2, 0) is 9.59 Å². The molecule has 132 valence electrons. The quantitative estimate of drug-likeness (QED) is 0.846. The summed E-state index contributed by atoms with van der Waals surface area (Å²) < 4.78 is 0. The Morgan fingerprint density at radius 3 is 2.44 bits per heavy atom. The maximum atomic E-state index is 12.6. The van der Waals surface area contributed by atoms with Gasteiger partial charge in [0.2, 0.25) is 11.9 Å². The molecular formula is C17H20N4O3S. The fourth-order valence-corrected chi connectivity index (χ4v) is 3.79. The largest absolute Gasteiger partial charge is 0.481 e. The molecule has 0 unspecified atom stereocenters. The zero-order chi connectivity index (χ0) is 17.6. The number of thiophene rings is 1. The van der Waals surface area contributed by atoms with Crippen LogP contribution in [0.1, 0.15) is 23.6 Å². The second kappa shape index (κ2) is 8.06. The first kappa shape index (κ1) is 17.3. The van der Waals surface area contributed by atoms with Crippen molar-refractivity contribution in [2.75, 3.05) is 31.1 Å². The minimum atomic E-state index is -0.878. The number of carboxylic acids is 1. The maximum absolute atomic E-state index is 12.6. The molecule has 7 nitrogen and oxygen atoms in total. The molecule has 1 atom stereocenters. The van der Waals surface area contributed by atoms with Crippen molar-refractivity contribution in [3.8, 4) is 0 Å². The van der Waals surface area contributed by atoms with Crippen molar-refractivity contribution in [3.05, 3.63) is 40.8 Å². The lowest BCUT2D eigenvalue weighted by atomic mass is 9.98. The van der Waals surface area contributed by atoms with Crippen molar-refractivity contribution < 1.29 is 14.7 Å². The Morgan fingerprint density at radius 2 is 1.84 bits per heavy atom. The number of aromatic nitrogens is 2. The van der Waals surface area contributed by atoms with E-state index in [1.165, 1.54) is 11.3 Å². The topological polar surface area (TPSA) is 86.6 Å². The number of anilines is 1. The van der Waals surface area contributed by atoms with E-state index in [1.807, 2.05) is 22.4 Å². The Balaban J connectivity index is 1.57. The van der Waals surface area contributed by atoms with Gasteiger partial charge in [-0.2, -0.15) is 0 Å². The lowest BCUT2D eigenvalue weighted by Crippen LogP contribution is -2.49. The molecule has 1 N–H and O–H groups in total. The molecule has 8 heteroatoms. The summed E-state index contributed by atoms with van der Waals surface area (Å²) >= 11 is 1.50. The van der Waals surface area contributed by atoms with Gasteiger partial charge in [0.15, 0.2) is 0 Å². The third-order valence-corrected chi connectivity index (χ3v) is 5.29. The lowest BCUT2D eigenvalue weighted by Gasteiger charge is -2.35. The smallest absolute Gasteiger partial charge is 0.304 e. The number of nitrogens with zero attached hydrogens (tertiary/aromatic N) is 4. The van der Waals surface area contributed by atoms with Gasteiger partial charge in [0, 0.05) is 55.8 Å². The van der Waals surface area contributed by atoms with Gasteiger partial charge in [-0.25, -0.2) is 9.97 Å². The monoisotopic (exact) mass is 360 g/mol. The third kappa shape index (κ3) is 4.54. The number of aliphatic carboxylic acids is 1. The molecule has 3 rings (SSSR count). The van der Waals surface area contributed by atoms with Crippen LogP contribution in [0.15, 0.2) is 36.0 Å². The van der Waals surface area contributed by atoms with Crippen LogP contribution < -0.4 is 4.90 Å². The molecule has 2 aromatic heterocycles. The first-order chi connectivity index (χ1) is 12.1. The minimum absolute atomic E-state index is 0.00767. The van der Waals surface area contributed by atoms with Crippen molar-refractivity contribution in [2.45, 2.75) is 18.8 Å². The summed E-state index contributed by atoms with van der Waals surface area (Å²) in [5.41, 5.74) is 0. The predicted octanol–water partition coefficient (Wildman–Crippen LogP) is 1.84. The van der Waals surface area contributed by atoms with Gasteiger partial charge in [-0.3, -0.25) is 9.59 Å². The van der Waals surface area contributed by atoms with Gasteiger partial charge in [-0.1, -0.05) is 6.07 Å². The number of piperazine rings is 1. The molecule has 1 amide bonds. The zero-order valence-electron chi connectivity index (χ0n) is 13.7. The van der Waals surface area contributed by atoms with Gasteiger partial charge in [-0.05, 0) is 17.5 Å². The molecule has 0 aliphatic carbocycles. The van der Waals surface area contributed by atoms with Crippen LogP contribution in [-0.4, -0.2) is 58.0 Å². The highest BCUT2D eigenvalue weighted by molar-refractivity contribution is 7.10. The van der Waals surface area contributed by atoms with E-state index in [1.54, 1.807) is 18.5 Å². The zero-order valence-corrected chi connectivity index (χ0v) is 14.6. The third-order valence-electron chi connectivity index (χ3n) is 4.25. The van der Waals surface area contributed by atoms with E-state index < -0.39 is 5.97 Å². The summed E-state index contributed by atoms with van der Waals surface area (Å²) in [6.07, 6.45) is 3.62. The predicted molar refractivity (Wildman–Crippen MR) is 94.8 cm³/mol. The minimum Gasteiger partial charge on any atom is -0.481 e. The van der Waals surface area contributed by atoms with Crippen molar-refractivity contribution in [3.63, 3.8) is 0 Å². The highest BCUT2D eigenvalue weighted by Gasteiger charge is 2.26. The Morgan fingerprint density at radius 1 is 1.12 bits per heavy atom. The number of hydrogen-bond acceptors (Lipinski definition) is 6. The molecule has 0 aromatic carbocycles. The van der Waals surface area contributed by atoms with Crippen molar-refractivity contribution in [2.24, 2.45) is 0 Å². The number of carbonyl (C=O) groups excluding carboxylic acids is 1.